The lowest BCUT2D eigenvalue weighted by atomic mass is 10.00. The molecule has 1 aliphatic heterocycles. The Bertz CT molecular complexity index is 1750. The van der Waals surface area contributed by atoms with Gasteiger partial charge < -0.3 is 24.3 Å². The molecule has 0 N–H and O–H groups in total. The van der Waals surface area contributed by atoms with Gasteiger partial charge in [-0.3, -0.25) is 9.59 Å². The van der Waals surface area contributed by atoms with E-state index in [4.69, 9.17) is 32.7 Å². The largest absolute Gasteiger partial charge is 0.619 e. The minimum Gasteiger partial charge on any atom is -0.619 e. The van der Waals surface area contributed by atoms with Crippen molar-refractivity contribution in [2.75, 3.05) is 33.8 Å². The summed E-state index contributed by atoms with van der Waals surface area (Å²) in [6.07, 6.45) is 2.86. The first-order chi connectivity index (χ1) is 22.2. The lowest BCUT2D eigenvalue weighted by Gasteiger charge is -2.37. The number of aromatic nitrogens is 1. The minimum atomic E-state index is -4.03. The maximum absolute atomic E-state index is 13.4. The summed E-state index contributed by atoms with van der Waals surface area (Å²) in [6, 6.07) is 9.75. The number of benzene rings is 2. The second kappa shape index (κ2) is 14.2. The van der Waals surface area contributed by atoms with E-state index in [1.165, 1.54) is 47.4 Å². The van der Waals surface area contributed by atoms with E-state index in [2.05, 4.69) is 4.74 Å². The molecule has 11 nitrogen and oxygen atoms in total. The zero-order chi connectivity index (χ0) is 34.0. The molecule has 1 unspecified atom stereocenters. The van der Waals surface area contributed by atoms with Gasteiger partial charge in [-0.1, -0.05) is 35.3 Å². The van der Waals surface area contributed by atoms with Crippen molar-refractivity contribution < 1.29 is 45.7 Å². The molecule has 1 saturated carbocycles. The molecule has 0 bridgehead atoms. The Morgan fingerprint density at radius 2 is 1.74 bits per heavy atom. The van der Waals surface area contributed by atoms with Crippen LogP contribution in [-0.4, -0.2) is 69.9 Å². The summed E-state index contributed by atoms with van der Waals surface area (Å²) in [4.78, 5) is 27.0. The molecule has 16 heteroatoms. The lowest BCUT2D eigenvalue weighted by Crippen LogP contribution is -2.53. The minimum absolute atomic E-state index is 0.00676. The third-order valence-corrected chi connectivity index (χ3v) is 10.2. The van der Waals surface area contributed by atoms with E-state index in [-0.39, 0.29) is 69.6 Å². The van der Waals surface area contributed by atoms with Gasteiger partial charge in [0.25, 0.3) is 5.91 Å². The highest BCUT2D eigenvalue weighted by Crippen LogP contribution is 2.38. The van der Waals surface area contributed by atoms with Crippen molar-refractivity contribution >= 4 is 45.1 Å². The van der Waals surface area contributed by atoms with Gasteiger partial charge in [-0.25, -0.2) is 8.42 Å². The number of pyridine rings is 1. The Balaban J connectivity index is 1.37. The van der Waals surface area contributed by atoms with Gasteiger partial charge in [0, 0.05) is 44.7 Å². The monoisotopic (exact) mass is 713 g/mol. The fourth-order valence-corrected chi connectivity index (χ4v) is 7.05. The van der Waals surface area contributed by atoms with Crippen LogP contribution in [0.4, 0.5) is 8.78 Å². The van der Waals surface area contributed by atoms with E-state index in [0.717, 1.165) is 29.5 Å². The van der Waals surface area contributed by atoms with E-state index >= 15 is 0 Å². The summed E-state index contributed by atoms with van der Waals surface area (Å²) < 4.78 is 70.7. The molecule has 1 aliphatic carbocycles. The molecule has 2 heterocycles. The molecule has 1 amide bonds. The number of halogens is 4. The quantitative estimate of drug-likeness (QED) is 0.140. The number of carbonyl (C=O) groups is 2. The Morgan fingerprint density at radius 1 is 1.06 bits per heavy atom. The molecule has 252 valence electrons. The molecular formula is C31H31Cl2F2N3O8S. The SMILES string of the molecule is CN(C)C(=O)c1cccc(S(=O)(=O)N2CC(C(=O)OC(Cc3c(Cl)c[n+]([O-])cc3Cl)c3ccc(OC(F)F)c(OCC4CC4)c3)C2)c1. The summed E-state index contributed by atoms with van der Waals surface area (Å²) in [5.41, 5.74) is 0.820. The topological polar surface area (TPSA) is 129 Å². The van der Waals surface area contributed by atoms with Crippen LogP contribution in [0.3, 0.4) is 0 Å². The van der Waals surface area contributed by atoms with Crippen LogP contribution in [0.15, 0.2) is 59.8 Å². The van der Waals surface area contributed by atoms with Crippen LogP contribution in [0.1, 0.15) is 40.4 Å². The molecule has 1 saturated heterocycles. The van der Waals surface area contributed by atoms with E-state index in [0.29, 0.717) is 16.2 Å². The molecule has 2 fully saturated rings. The number of sulfonamides is 1. The smallest absolute Gasteiger partial charge is 0.387 e. The van der Waals surface area contributed by atoms with Crippen molar-refractivity contribution in [1.29, 1.82) is 0 Å². The van der Waals surface area contributed by atoms with Crippen molar-refractivity contribution in [3.8, 4) is 11.5 Å². The summed E-state index contributed by atoms with van der Waals surface area (Å²) in [5, 5.41) is 11.8. The molecule has 0 radical (unpaired) electrons. The molecule has 0 spiro atoms. The fourth-order valence-electron chi connectivity index (χ4n) is 4.88. The van der Waals surface area contributed by atoms with Gasteiger partial charge in [-0.05, 0) is 54.7 Å². The number of alkyl halides is 2. The number of nitrogens with zero attached hydrogens (tertiary/aromatic N) is 3. The number of amides is 1. The second-order valence-corrected chi connectivity index (χ2v) is 14.3. The van der Waals surface area contributed by atoms with Crippen molar-refractivity contribution in [2.45, 2.75) is 36.9 Å². The number of hydrogen-bond donors (Lipinski definition) is 0. The Morgan fingerprint density at radius 3 is 2.36 bits per heavy atom. The normalized spacial score (nSPS) is 16.0. The van der Waals surface area contributed by atoms with E-state index in [1.54, 1.807) is 14.1 Å². The van der Waals surface area contributed by atoms with E-state index in [1.807, 2.05) is 0 Å². The van der Waals surface area contributed by atoms with Crippen molar-refractivity contribution in [1.82, 2.24) is 9.21 Å². The van der Waals surface area contributed by atoms with Gasteiger partial charge in [0.1, 0.15) is 16.1 Å². The fraction of sp³-hybridized carbons (Fsp3) is 0.387. The number of hydrogen-bond acceptors (Lipinski definition) is 8. The maximum atomic E-state index is 13.4. The Hall–Kier alpha value is -3.72. The Kier molecular flexibility index (Phi) is 10.4. The average Bonchev–Trinajstić information content (AvgIpc) is 3.81. The van der Waals surface area contributed by atoms with Crippen LogP contribution in [0, 0.1) is 17.0 Å². The van der Waals surface area contributed by atoms with Crippen LogP contribution < -0.4 is 14.2 Å². The molecule has 47 heavy (non-hydrogen) atoms. The van der Waals surface area contributed by atoms with Crippen LogP contribution in [-0.2, 0) is 26.0 Å². The first kappa shape index (κ1) is 34.6. The number of ether oxygens (including phenoxy) is 3. The first-order valence-corrected chi connectivity index (χ1v) is 16.7. The molecular weight excluding hydrogens is 683 g/mol. The third kappa shape index (κ3) is 8.23. The predicted molar refractivity (Wildman–Crippen MR) is 166 cm³/mol. The highest BCUT2D eigenvalue weighted by molar-refractivity contribution is 7.89. The highest BCUT2D eigenvalue weighted by atomic mass is 35.5. The van der Waals surface area contributed by atoms with Gasteiger partial charge in [-0.15, -0.1) is 0 Å². The molecule has 3 aromatic rings. The van der Waals surface area contributed by atoms with Gasteiger partial charge >= 0.3 is 12.6 Å². The molecule has 1 aromatic heterocycles. The highest BCUT2D eigenvalue weighted by Gasteiger charge is 2.42. The zero-order valence-corrected chi connectivity index (χ0v) is 27.6. The summed E-state index contributed by atoms with van der Waals surface area (Å²) in [7, 11) is -0.925. The van der Waals surface area contributed by atoms with E-state index in [9.17, 15) is 32.0 Å². The van der Waals surface area contributed by atoms with Crippen LogP contribution in [0.25, 0.3) is 0 Å². The average molecular weight is 715 g/mol. The van der Waals surface area contributed by atoms with Gasteiger partial charge in [0.05, 0.1) is 17.4 Å². The molecule has 5 rings (SSSR count). The molecule has 2 aliphatic rings. The van der Waals surface area contributed by atoms with Gasteiger partial charge in [0.2, 0.25) is 10.0 Å². The summed E-state index contributed by atoms with van der Waals surface area (Å²) in [5.74, 6) is -1.81. The number of rotatable bonds is 13. The van der Waals surface area contributed by atoms with Crippen LogP contribution >= 0.6 is 23.2 Å². The van der Waals surface area contributed by atoms with Crippen molar-refractivity contribution in [2.24, 2.45) is 11.8 Å². The summed E-state index contributed by atoms with van der Waals surface area (Å²) in [6.45, 7) is -3.18. The zero-order valence-electron chi connectivity index (χ0n) is 25.3. The summed E-state index contributed by atoms with van der Waals surface area (Å²) >= 11 is 12.6. The molecule has 1 atom stereocenters. The van der Waals surface area contributed by atoms with Crippen molar-refractivity contribution in [3.05, 3.63) is 86.8 Å². The van der Waals surface area contributed by atoms with Crippen LogP contribution in [0.2, 0.25) is 10.0 Å². The molecule has 2 aromatic carbocycles. The first-order valence-electron chi connectivity index (χ1n) is 14.5. The van der Waals surface area contributed by atoms with Gasteiger partial charge in [0.15, 0.2) is 23.9 Å². The predicted octanol–water partition coefficient (Wildman–Crippen LogP) is 4.87. The standard InChI is InChI=1S/C31H31Cl2F2N3O8S/c1-36(2)29(39)20-4-3-5-22(10-20)47(42,43)38-13-21(14-38)30(40)45-27(12-23-24(32)15-37(41)16-25(23)33)19-8-9-26(46-31(34)35)28(11-19)44-17-18-6-7-18/h3-5,8-11,15-16,18,21,27,31H,6-7,12-14,17H2,1-2H3. The van der Waals surface area contributed by atoms with Crippen LogP contribution in [0.5, 0.6) is 11.5 Å². The third-order valence-electron chi connectivity index (χ3n) is 7.74. The Labute approximate surface area is 280 Å². The number of carbonyl (C=O) groups excluding carboxylic acids is 2. The van der Waals surface area contributed by atoms with Gasteiger partial charge in [-0.2, -0.15) is 17.8 Å². The van der Waals surface area contributed by atoms with Crippen molar-refractivity contribution in [3.63, 3.8) is 0 Å². The van der Waals surface area contributed by atoms with E-state index < -0.39 is 34.6 Å². The lowest BCUT2D eigenvalue weighted by molar-refractivity contribution is -0.605. The maximum Gasteiger partial charge on any atom is 0.387 e. The number of esters is 1. The second-order valence-electron chi connectivity index (χ2n) is 11.5.